The van der Waals surface area contributed by atoms with Crippen LogP contribution >= 0.6 is 11.8 Å². The number of aromatic nitrogens is 3. The fraction of sp³-hybridized carbons (Fsp3) is 0.522. The SMILES string of the molecule is C=CCn1c(SCC(=O)N2C[C@H](C)O[C@@H](C)C2)nnc1-c1ccc(C(C)(C)C)cc1. The molecule has 162 valence electrons. The zero-order valence-corrected chi connectivity index (χ0v) is 19.4. The van der Waals surface area contributed by atoms with Crippen LogP contribution in [-0.2, 0) is 21.5 Å². The number of rotatable bonds is 6. The molecule has 2 aromatic rings. The van der Waals surface area contributed by atoms with Crippen molar-refractivity contribution in [3.8, 4) is 11.4 Å². The summed E-state index contributed by atoms with van der Waals surface area (Å²) in [4.78, 5) is 14.6. The second-order valence-electron chi connectivity index (χ2n) is 8.88. The van der Waals surface area contributed by atoms with Crippen LogP contribution in [0, 0.1) is 0 Å². The number of benzene rings is 1. The molecule has 30 heavy (non-hydrogen) atoms. The summed E-state index contributed by atoms with van der Waals surface area (Å²) in [6, 6.07) is 8.44. The van der Waals surface area contributed by atoms with Crippen LogP contribution in [0.4, 0.5) is 0 Å². The van der Waals surface area contributed by atoms with Gasteiger partial charge in [-0.05, 0) is 24.8 Å². The van der Waals surface area contributed by atoms with Crippen LogP contribution in [0.25, 0.3) is 11.4 Å². The van der Waals surface area contributed by atoms with E-state index in [-0.39, 0.29) is 23.5 Å². The van der Waals surface area contributed by atoms with Crippen molar-refractivity contribution in [2.24, 2.45) is 0 Å². The van der Waals surface area contributed by atoms with Crippen molar-refractivity contribution in [3.05, 3.63) is 42.5 Å². The van der Waals surface area contributed by atoms with Gasteiger partial charge in [0.1, 0.15) is 0 Å². The van der Waals surface area contributed by atoms with E-state index in [4.69, 9.17) is 4.74 Å². The van der Waals surface area contributed by atoms with Crippen LogP contribution in [0.15, 0.2) is 42.1 Å². The summed E-state index contributed by atoms with van der Waals surface area (Å²) >= 11 is 1.42. The van der Waals surface area contributed by atoms with Crippen molar-refractivity contribution in [1.29, 1.82) is 0 Å². The van der Waals surface area contributed by atoms with E-state index in [2.05, 4.69) is 61.8 Å². The summed E-state index contributed by atoms with van der Waals surface area (Å²) in [5.41, 5.74) is 2.38. The molecule has 0 N–H and O–H groups in total. The maximum absolute atomic E-state index is 12.7. The molecule has 3 rings (SSSR count). The molecule has 1 aliphatic heterocycles. The third-order valence-corrected chi connectivity index (χ3v) is 6.09. The number of ether oxygens (including phenoxy) is 1. The lowest BCUT2D eigenvalue weighted by atomic mass is 9.87. The zero-order valence-electron chi connectivity index (χ0n) is 18.6. The van der Waals surface area contributed by atoms with Gasteiger partial charge in [-0.3, -0.25) is 9.36 Å². The fourth-order valence-electron chi connectivity index (χ4n) is 3.62. The van der Waals surface area contributed by atoms with Gasteiger partial charge in [-0.15, -0.1) is 16.8 Å². The van der Waals surface area contributed by atoms with E-state index in [1.54, 1.807) is 0 Å². The van der Waals surface area contributed by atoms with Crippen LogP contribution in [0.3, 0.4) is 0 Å². The monoisotopic (exact) mass is 428 g/mol. The molecule has 1 aliphatic rings. The van der Waals surface area contributed by atoms with Crippen LogP contribution in [0.1, 0.15) is 40.2 Å². The second kappa shape index (κ2) is 9.35. The molecule has 1 aromatic carbocycles. The molecule has 1 amide bonds. The lowest BCUT2D eigenvalue weighted by Gasteiger charge is -2.35. The van der Waals surface area contributed by atoms with Gasteiger partial charge in [0, 0.05) is 25.2 Å². The molecule has 0 saturated carbocycles. The molecule has 1 aromatic heterocycles. The van der Waals surface area contributed by atoms with E-state index >= 15 is 0 Å². The molecule has 1 fully saturated rings. The quantitative estimate of drug-likeness (QED) is 0.511. The summed E-state index contributed by atoms with van der Waals surface area (Å²) in [7, 11) is 0. The number of thioether (sulfide) groups is 1. The standard InChI is InChI=1S/C23H32N4O2S/c1-7-12-27-21(18-8-10-19(11-9-18)23(4,5)6)24-25-22(27)30-15-20(28)26-13-16(2)29-17(3)14-26/h7-11,16-17H,1,12-15H2,2-6H3/t16-,17-/m0/s1. The predicted molar refractivity (Wildman–Crippen MR) is 122 cm³/mol. The molecule has 2 atom stereocenters. The third kappa shape index (κ3) is 5.32. The third-order valence-electron chi connectivity index (χ3n) is 5.13. The summed E-state index contributed by atoms with van der Waals surface area (Å²) in [5.74, 6) is 1.22. The molecule has 0 bridgehead atoms. The molecule has 0 unspecified atom stereocenters. The predicted octanol–water partition coefficient (Wildman–Crippen LogP) is 4.16. The molecule has 0 radical (unpaired) electrons. The first kappa shape index (κ1) is 22.6. The molecule has 2 heterocycles. The zero-order chi connectivity index (χ0) is 21.9. The highest BCUT2D eigenvalue weighted by atomic mass is 32.2. The van der Waals surface area contributed by atoms with E-state index in [0.29, 0.717) is 25.4 Å². The van der Waals surface area contributed by atoms with Crippen molar-refractivity contribution in [2.45, 2.75) is 63.9 Å². The van der Waals surface area contributed by atoms with E-state index in [9.17, 15) is 4.79 Å². The highest BCUT2D eigenvalue weighted by Crippen LogP contribution is 2.28. The number of carbonyl (C=O) groups excluding carboxylic acids is 1. The Kier molecular flexibility index (Phi) is 7.03. The van der Waals surface area contributed by atoms with Gasteiger partial charge in [-0.2, -0.15) is 0 Å². The van der Waals surface area contributed by atoms with Crippen molar-refractivity contribution in [2.75, 3.05) is 18.8 Å². The molecule has 6 nitrogen and oxygen atoms in total. The topological polar surface area (TPSA) is 60.2 Å². The number of hydrogen-bond donors (Lipinski definition) is 0. The molecule has 7 heteroatoms. The number of amides is 1. The minimum absolute atomic E-state index is 0.0646. The van der Waals surface area contributed by atoms with E-state index < -0.39 is 0 Å². The Morgan fingerprint density at radius 1 is 1.20 bits per heavy atom. The van der Waals surface area contributed by atoms with Gasteiger partial charge in [-0.1, -0.05) is 62.9 Å². The number of carbonyl (C=O) groups is 1. The Labute approximate surface area is 183 Å². The molecule has 0 aliphatic carbocycles. The average molecular weight is 429 g/mol. The van der Waals surface area contributed by atoms with Gasteiger partial charge in [-0.25, -0.2) is 0 Å². The molecular weight excluding hydrogens is 396 g/mol. The van der Waals surface area contributed by atoms with Gasteiger partial charge in [0.05, 0.1) is 18.0 Å². The van der Waals surface area contributed by atoms with E-state index in [1.807, 2.05) is 29.4 Å². The highest BCUT2D eigenvalue weighted by molar-refractivity contribution is 7.99. The number of nitrogens with zero attached hydrogens (tertiary/aromatic N) is 4. The molecular formula is C23H32N4O2S. The van der Waals surface area contributed by atoms with E-state index in [0.717, 1.165) is 16.5 Å². The van der Waals surface area contributed by atoms with Crippen molar-refractivity contribution >= 4 is 17.7 Å². The first-order chi connectivity index (χ1) is 14.2. The van der Waals surface area contributed by atoms with Crippen LogP contribution < -0.4 is 0 Å². The largest absolute Gasteiger partial charge is 0.372 e. The Balaban J connectivity index is 1.74. The minimum Gasteiger partial charge on any atom is -0.372 e. The molecule has 1 saturated heterocycles. The number of allylic oxidation sites excluding steroid dienone is 1. The maximum atomic E-state index is 12.7. The summed E-state index contributed by atoms with van der Waals surface area (Å²) in [6.07, 6.45) is 1.96. The average Bonchev–Trinajstić information content (AvgIpc) is 3.07. The normalized spacial score (nSPS) is 19.7. The second-order valence-corrected chi connectivity index (χ2v) is 9.82. The van der Waals surface area contributed by atoms with Crippen LogP contribution in [-0.4, -0.2) is 56.6 Å². The summed E-state index contributed by atoms with van der Waals surface area (Å²) < 4.78 is 7.74. The number of morpholine rings is 1. The number of hydrogen-bond acceptors (Lipinski definition) is 5. The smallest absolute Gasteiger partial charge is 0.233 e. The van der Waals surface area contributed by atoms with E-state index in [1.165, 1.54) is 17.3 Å². The van der Waals surface area contributed by atoms with Gasteiger partial charge in [0.15, 0.2) is 11.0 Å². The fourth-order valence-corrected chi connectivity index (χ4v) is 4.47. The Morgan fingerprint density at radius 2 is 1.83 bits per heavy atom. The van der Waals surface area contributed by atoms with Crippen LogP contribution in [0.2, 0.25) is 0 Å². The van der Waals surface area contributed by atoms with Crippen LogP contribution in [0.5, 0.6) is 0 Å². The Bertz CT molecular complexity index is 876. The Hall–Kier alpha value is -2.12. The van der Waals surface area contributed by atoms with Crippen molar-refractivity contribution in [1.82, 2.24) is 19.7 Å². The first-order valence-electron chi connectivity index (χ1n) is 10.4. The van der Waals surface area contributed by atoms with Gasteiger partial charge in [0.2, 0.25) is 5.91 Å². The van der Waals surface area contributed by atoms with Gasteiger partial charge < -0.3 is 9.64 Å². The maximum Gasteiger partial charge on any atom is 0.233 e. The van der Waals surface area contributed by atoms with Gasteiger partial charge in [0.25, 0.3) is 0 Å². The minimum atomic E-state index is 0.0646. The highest BCUT2D eigenvalue weighted by Gasteiger charge is 2.26. The lowest BCUT2D eigenvalue weighted by molar-refractivity contribution is -0.140. The van der Waals surface area contributed by atoms with Crippen molar-refractivity contribution in [3.63, 3.8) is 0 Å². The first-order valence-corrected chi connectivity index (χ1v) is 11.4. The lowest BCUT2D eigenvalue weighted by Crippen LogP contribution is -2.48. The summed E-state index contributed by atoms with van der Waals surface area (Å²) in [5, 5.41) is 9.50. The van der Waals surface area contributed by atoms with Gasteiger partial charge >= 0.3 is 0 Å². The van der Waals surface area contributed by atoms with Crippen molar-refractivity contribution < 1.29 is 9.53 Å². The molecule has 0 spiro atoms. The Morgan fingerprint density at radius 3 is 2.40 bits per heavy atom. The summed E-state index contributed by atoms with van der Waals surface area (Å²) in [6.45, 7) is 16.3.